The van der Waals surface area contributed by atoms with Gasteiger partial charge in [0.05, 0.1) is 4.08 Å². The molecule has 158 valence electrons. The van der Waals surface area contributed by atoms with E-state index >= 15 is 0 Å². The number of carbonyl (C=O) groups is 2. The molecule has 6 heteroatoms. The van der Waals surface area contributed by atoms with Gasteiger partial charge in [-0.3, -0.25) is 9.59 Å². The van der Waals surface area contributed by atoms with Crippen LogP contribution >= 0.6 is 23.5 Å². The van der Waals surface area contributed by atoms with E-state index in [0.717, 1.165) is 18.5 Å². The van der Waals surface area contributed by atoms with E-state index in [9.17, 15) is 9.59 Å². The molecule has 2 aliphatic carbocycles. The summed E-state index contributed by atoms with van der Waals surface area (Å²) in [6.45, 7) is 5.39. The number of thioether (sulfide) groups is 2. The molecule has 1 spiro atoms. The molecular formula is C23H32N2O2S2. The SMILES string of the molecule is CCN(CC)C(=O)c1ccc(NC(=O)C2CC3CCCC(C2)C32SCCS2)cc1. The predicted molar refractivity (Wildman–Crippen MR) is 124 cm³/mol. The van der Waals surface area contributed by atoms with Crippen LogP contribution in [0, 0.1) is 17.8 Å². The van der Waals surface area contributed by atoms with Crippen LogP contribution in [-0.4, -0.2) is 45.4 Å². The van der Waals surface area contributed by atoms with Crippen molar-refractivity contribution in [3.05, 3.63) is 29.8 Å². The fraction of sp³-hybridized carbons (Fsp3) is 0.652. The first-order valence-electron chi connectivity index (χ1n) is 11.1. The Kier molecular flexibility index (Phi) is 6.50. The van der Waals surface area contributed by atoms with Gasteiger partial charge in [0.25, 0.3) is 5.91 Å². The maximum atomic E-state index is 13.0. The van der Waals surface area contributed by atoms with Gasteiger partial charge in [-0.25, -0.2) is 0 Å². The predicted octanol–water partition coefficient (Wildman–Crippen LogP) is 5.11. The topological polar surface area (TPSA) is 49.4 Å². The summed E-state index contributed by atoms with van der Waals surface area (Å²) in [5.74, 6) is 4.22. The Bertz CT molecular complexity index is 726. The summed E-state index contributed by atoms with van der Waals surface area (Å²) >= 11 is 4.36. The number of nitrogens with zero attached hydrogens (tertiary/aromatic N) is 1. The van der Waals surface area contributed by atoms with Crippen molar-refractivity contribution in [3.8, 4) is 0 Å². The molecule has 1 aliphatic heterocycles. The molecule has 1 aromatic rings. The summed E-state index contributed by atoms with van der Waals surface area (Å²) < 4.78 is 0.404. The maximum Gasteiger partial charge on any atom is 0.253 e. The first-order chi connectivity index (χ1) is 14.1. The fourth-order valence-corrected chi connectivity index (χ4v) is 9.39. The molecule has 2 amide bonds. The summed E-state index contributed by atoms with van der Waals surface area (Å²) in [5.41, 5.74) is 1.47. The molecule has 4 rings (SSSR count). The van der Waals surface area contributed by atoms with Crippen molar-refractivity contribution >= 4 is 41.0 Å². The van der Waals surface area contributed by atoms with E-state index in [2.05, 4.69) is 28.8 Å². The van der Waals surface area contributed by atoms with Gasteiger partial charge in [0.15, 0.2) is 0 Å². The Labute approximate surface area is 182 Å². The van der Waals surface area contributed by atoms with Crippen LogP contribution in [0.2, 0.25) is 0 Å². The summed E-state index contributed by atoms with van der Waals surface area (Å²) in [7, 11) is 0. The summed E-state index contributed by atoms with van der Waals surface area (Å²) in [6, 6.07) is 7.38. The zero-order valence-corrected chi connectivity index (χ0v) is 19.1. The molecule has 0 aromatic heterocycles. The average Bonchev–Trinajstić information content (AvgIpc) is 3.18. The zero-order valence-electron chi connectivity index (χ0n) is 17.5. The highest BCUT2D eigenvalue weighted by Crippen LogP contribution is 2.64. The second kappa shape index (κ2) is 8.93. The van der Waals surface area contributed by atoms with Crippen LogP contribution in [0.4, 0.5) is 5.69 Å². The Hall–Kier alpha value is -1.14. The van der Waals surface area contributed by atoms with Crippen LogP contribution in [0.25, 0.3) is 0 Å². The molecule has 1 N–H and O–H groups in total. The minimum Gasteiger partial charge on any atom is -0.339 e. The Morgan fingerprint density at radius 1 is 1.03 bits per heavy atom. The summed E-state index contributed by atoms with van der Waals surface area (Å²) in [5, 5.41) is 3.13. The lowest BCUT2D eigenvalue weighted by atomic mass is 9.67. The van der Waals surface area contributed by atoms with Crippen molar-refractivity contribution in [2.75, 3.05) is 29.9 Å². The highest BCUT2D eigenvalue weighted by atomic mass is 32.2. The van der Waals surface area contributed by atoms with E-state index in [-0.39, 0.29) is 17.7 Å². The van der Waals surface area contributed by atoms with Crippen molar-refractivity contribution in [3.63, 3.8) is 0 Å². The third kappa shape index (κ3) is 4.07. The van der Waals surface area contributed by atoms with Gasteiger partial charge in [0.1, 0.15) is 0 Å². The molecular weight excluding hydrogens is 400 g/mol. The molecule has 1 heterocycles. The van der Waals surface area contributed by atoms with Crippen molar-refractivity contribution in [2.45, 2.75) is 50.0 Å². The van der Waals surface area contributed by atoms with E-state index in [1.807, 2.05) is 43.0 Å². The largest absolute Gasteiger partial charge is 0.339 e. The van der Waals surface area contributed by atoms with Crippen LogP contribution in [0.5, 0.6) is 0 Å². The number of benzene rings is 1. The van der Waals surface area contributed by atoms with E-state index < -0.39 is 0 Å². The van der Waals surface area contributed by atoms with E-state index in [1.54, 1.807) is 0 Å². The van der Waals surface area contributed by atoms with Crippen LogP contribution < -0.4 is 5.32 Å². The number of amides is 2. The molecule has 1 saturated heterocycles. The Morgan fingerprint density at radius 2 is 1.62 bits per heavy atom. The third-order valence-electron chi connectivity index (χ3n) is 6.94. The molecule has 4 nitrogen and oxygen atoms in total. The molecule has 3 fully saturated rings. The number of nitrogens with one attached hydrogen (secondary N) is 1. The van der Waals surface area contributed by atoms with E-state index in [0.29, 0.717) is 34.6 Å². The van der Waals surface area contributed by atoms with Crippen LogP contribution in [0.1, 0.15) is 56.3 Å². The first kappa shape index (κ1) is 21.1. The number of hydrogen-bond donors (Lipinski definition) is 1. The minimum absolute atomic E-state index is 0.0462. The molecule has 1 aromatic carbocycles. The monoisotopic (exact) mass is 432 g/mol. The first-order valence-corrected chi connectivity index (χ1v) is 13.0. The molecule has 2 bridgehead atoms. The standard InChI is InChI=1S/C23H32N2O2S2/c1-3-25(4-2)22(27)16-8-10-20(11-9-16)24-21(26)17-14-18-6-5-7-19(15-17)23(18)28-12-13-29-23/h8-11,17-19H,3-7,12-15H2,1-2H3,(H,24,26). The quantitative estimate of drug-likeness (QED) is 0.702. The maximum absolute atomic E-state index is 13.0. The fourth-order valence-electron chi connectivity index (χ4n) is 5.46. The lowest BCUT2D eigenvalue weighted by molar-refractivity contribution is -0.122. The summed E-state index contributed by atoms with van der Waals surface area (Å²) in [4.78, 5) is 27.3. The smallest absolute Gasteiger partial charge is 0.253 e. The van der Waals surface area contributed by atoms with Crippen molar-refractivity contribution in [1.82, 2.24) is 4.90 Å². The Balaban J connectivity index is 1.39. The minimum atomic E-state index is 0.0462. The van der Waals surface area contributed by atoms with Crippen molar-refractivity contribution < 1.29 is 9.59 Å². The van der Waals surface area contributed by atoms with Gasteiger partial charge in [-0.05, 0) is 75.6 Å². The number of carbonyl (C=O) groups excluding carboxylic acids is 2. The van der Waals surface area contributed by atoms with Gasteiger partial charge in [-0.1, -0.05) is 6.42 Å². The number of rotatable bonds is 5. The normalized spacial score (nSPS) is 27.6. The average molecular weight is 433 g/mol. The van der Waals surface area contributed by atoms with Gasteiger partial charge < -0.3 is 10.2 Å². The van der Waals surface area contributed by atoms with E-state index in [1.165, 1.54) is 30.8 Å². The molecule has 0 radical (unpaired) electrons. The van der Waals surface area contributed by atoms with Crippen LogP contribution in [-0.2, 0) is 4.79 Å². The third-order valence-corrected chi connectivity index (χ3v) is 11.0. The summed E-state index contributed by atoms with van der Waals surface area (Å²) in [6.07, 6.45) is 5.95. The highest BCUT2D eigenvalue weighted by Gasteiger charge is 2.55. The number of hydrogen-bond acceptors (Lipinski definition) is 4. The highest BCUT2D eigenvalue weighted by molar-refractivity contribution is 8.21. The van der Waals surface area contributed by atoms with Crippen LogP contribution in [0.15, 0.2) is 24.3 Å². The van der Waals surface area contributed by atoms with Crippen molar-refractivity contribution in [1.29, 1.82) is 0 Å². The second-order valence-electron chi connectivity index (χ2n) is 8.46. The van der Waals surface area contributed by atoms with Crippen LogP contribution in [0.3, 0.4) is 0 Å². The van der Waals surface area contributed by atoms with Gasteiger partial charge in [0, 0.05) is 41.8 Å². The van der Waals surface area contributed by atoms with Gasteiger partial charge >= 0.3 is 0 Å². The molecule has 3 aliphatic rings. The molecule has 2 atom stereocenters. The zero-order chi connectivity index (χ0) is 20.4. The van der Waals surface area contributed by atoms with Gasteiger partial charge in [-0.15, -0.1) is 23.5 Å². The second-order valence-corrected chi connectivity index (χ2v) is 11.5. The van der Waals surface area contributed by atoms with Gasteiger partial charge in [-0.2, -0.15) is 0 Å². The molecule has 2 unspecified atom stereocenters. The number of anilines is 1. The van der Waals surface area contributed by atoms with Gasteiger partial charge in [0.2, 0.25) is 5.91 Å². The van der Waals surface area contributed by atoms with E-state index in [4.69, 9.17) is 0 Å². The lowest BCUT2D eigenvalue weighted by Crippen LogP contribution is -2.48. The van der Waals surface area contributed by atoms with Crippen molar-refractivity contribution in [2.24, 2.45) is 17.8 Å². The molecule has 29 heavy (non-hydrogen) atoms. The molecule has 2 saturated carbocycles. The lowest BCUT2D eigenvalue weighted by Gasteiger charge is -2.52. The Morgan fingerprint density at radius 3 is 2.17 bits per heavy atom.